The molecule has 0 fully saturated rings. The van der Waals surface area contributed by atoms with Crippen molar-refractivity contribution < 1.29 is 35.9 Å². The topological polar surface area (TPSA) is 96.0 Å². The fourth-order valence-electron chi connectivity index (χ4n) is 2.29. The van der Waals surface area contributed by atoms with Gasteiger partial charge in [-0.15, -0.1) is 0 Å². The summed E-state index contributed by atoms with van der Waals surface area (Å²) in [7, 11) is 0. The zero-order valence-electron chi connectivity index (χ0n) is 13.9. The molecule has 2 amide bonds. The number of rotatable bonds is 6. The van der Waals surface area contributed by atoms with E-state index in [4.69, 9.17) is 11.0 Å². The molecule has 2 atom stereocenters. The van der Waals surface area contributed by atoms with Crippen LogP contribution in [-0.2, 0) is 28.4 Å². The lowest BCUT2D eigenvalue weighted by Gasteiger charge is -2.20. The monoisotopic (exact) mass is 395 g/mol. The zero-order chi connectivity index (χ0) is 21.0. The van der Waals surface area contributed by atoms with Crippen molar-refractivity contribution in [2.45, 2.75) is 38.2 Å². The minimum atomic E-state index is -5.04. The van der Waals surface area contributed by atoms with Crippen molar-refractivity contribution in [1.82, 2.24) is 5.32 Å². The van der Waals surface area contributed by atoms with Crippen molar-refractivity contribution in [3.63, 3.8) is 0 Å². The van der Waals surface area contributed by atoms with Crippen molar-refractivity contribution in [2.75, 3.05) is 0 Å². The molecule has 1 aromatic rings. The van der Waals surface area contributed by atoms with Gasteiger partial charge >= 0.3 is 12.4 Å². The van der Waals surface area contributed by atoms with Crippen LogP contribution in [-0.4, -0.2) is 17.9 Å². The van der Waals surface area contributed by atoms with E-state index in [0.29, 0.717) is 12.1 Å². The Bertz CT molecular complexity index is 720. The average Bonchev–Trinajstić information content (AvgIpc) is 2.50. The highest BCUT2D eigenvalue weighted by Gasteiger charge is 2.37. The molecule has 0 saturated carbocycles. The van der Waals surface area contributed by atoms with Gasteiger partial charge in [0, 0.05) is 6.42 Å². The van der Waals surface area contributed by atoms with Gasteiger partial charge in [-0.3, -0.25) is 9.59 Å². The van der Waals surface area contributed by atoms with Crippen LogP contribution in [0, 0.1) is 17.2 Å². The molecule has 3 N–H and O–H groups in total. The quantitative estimate of drug-likeness (QED) is 0.725. The Morgan fingerprint density at radius 2 is 1.59 bits per heavy atom. The predicted octanol–water partition coefficient (Wildman–Crippen LogP) is 2.79. The number of nitrogens with two attached hydrogens (primary N) is 1. The number of carbonyl (C=O) groups is 2. The molecular weight excluding hydrogens is 380 g/mol. The third-order valence-electron chi connectivity index (χ3n) is 3.62. The van der Waals surface area contributed by atoms with E-state index in [1.165, 1.54) is 6.92 Å². The van der Waals surface area contributed by atoms with Gasteiger partial charge in [0.05, 0.1) is 23.6 Å². The summed E-state index contributed by atoms with van der Waals surface area (Å²) in [6.07, 6.45) is -11.1. The van der Waals surface area contributed by atoms with E-state index < -0.39 is 59.2 Å². The number of alkyl halides is 6. The summed E-state index contributed by atoms with van der Waals surface area (Å²) in [4.78, 5) is 23.4. The van der Waals surface area contributed by atoms with Gasteiger partial charge < -0.3 is 11.1 Å². The van der Waals surface area contributed by atoms with Crippen LogP contribution in [0.4, 0.5) is 26.3 Å². The van der Waals surface area contributed by atoms with Crippen LogP contribution >= 0.6 is 0 Å². The Labute approximate surface area is 150 Å². The molecular formula is C16H15F6N3O2. The largest absolute Gasteiger partial charge is 0.416 e. The summed E-state index contributed by atoms with van der Waals surface area (Å²) in [5.74, 6) is -2.68. The lowest BCUT2D eigenvalue weighted by atomic mass is 9.97. The van der Waals surface area contributed by atoms with Crippen LogP contribution < -0.4 is 11.1 Å². The standard InChI is InChI=1S/C16H15F6N3O2/c1-8(2-3-23)13(14(24)27)25-12(26)6-9-4-10(15(17,18)19)7-11(5-9)16(20,21)22/h4-5,7-8,13H,2,6H2,1H3,(H2,24,27)(H,25,26)/t8-,13+/m0/s1. The van der Waals surface area contributed by atoms with E-state index in [0.717, 1.165) is 0 Å². The number of nitrogens with zero attached hydrogens (tertiary/aromatic N) is 1. The molecule has 0 heterocycles. The van der Waals surface area contributed by atoms with Gasteiger partial charge in [-0.25, -0.2) is 0 Å². The van der Waals surface area contributed by atoms with Gasteiger partial charge in [-0.1, -0.05) is 6.92 Å². The van der Waals surface area contributed by atoms with Gasteiger partial charge in [0.25, 0.3) is 0 Å². The molecule has 27 heavy (non-hydrogen) atoms. The van der Waals surface area contributed by atoms with Crippen LogP contribution in [0.25, 0.3) is 0 Å². The summed E-state index contributed by atoms with van der Waals surface area (Å²) >= 11 is 0. The predicted molar refractivity (Wildman–Crippen MR) is 80.7 cm³/mol. The maximum absolute atomic E-state index is 12.8. The molecule has 0 radical (unpaired) electrons. The van der Waals surface area contributed by atoms with Crippen molar-refractivity contribution in [1.29, 1.82) is 5.26 Å². The number of benzene rings is 1. The SMILES string of the molecule is C[C@@H](CC#N)[C@@H](NC(=O)Cc1cc(C(F)(F)F)cc(C(F)(F)F)c1)C(N)=O. The number of hydrogen-bond donors (Lipinski definition) is 2. The maximum atomic E-state index is 12.8. The summed E-state index contributed by atoms with van der Waals surface area (Å²) < 4.78 is 76.9. The van der Waals surface area contributed by atoms with Crippen molar-refractivity contribution in [3.8, 4) is 6.07 Å². The molecule has 0 aromatic heterocycles. The third kappa shape index (κ3) is 6.47. The maximum Gasteiger partial charge on any atom is 0.416 e. The molecule has 0 bridgehead atoms. The van der Waals surface area contributed by atoms with E-state index >= 15 is 0 Å². The molecule has 0 aliphatic carbocycles. The number of nitriles is 1. The van der Waals surface area contributed by atoms with E-state index in [1.807, 2.05) is 0 Å². The Morgan fingerprint density at radius 1 is 1.11 bits per heavy atom. The smallest absolute Gasteiger partial charge is 0.368 e. The molecule has 1 rings (SSSR count). The van der Waals surface area contributed by atoms with Crippen LogP contribution in [0.1, 0.15) is 30.0 Å². The minimum absolute atomic E-state index is 0.0530. The van der Waals surface area contributed by atoms with Crippen molar-refractivity contribution in [2.24, 2.45) is 11.7 Å². The number of primary amides is 1. The molecule has 1 aromatic carbocycles. The zero-order valence-corrected chi connectivity index (χ0v) is 13.9. The fraction of sp³-hybridized carbons (Fsp3) is 0.438. The molecule has 0 unspecified atom stereocenters. The van der Waals surface area contributed by atoms with Crippen molar-refractivity contribution >= 4 is 11.8 Å². The van der Waals surface area contributed by atoms with Gasteiger partial charge in [0.2, 0.25) is 11.8 Å². The Morgan fingerprint density at radius 3 is 1.96 bits per heavy atom. The number of carbonyl (C=O) groups excluding carboxylic acids is 2. The molecule has 0 spiro atoms. The van der Waals surface area contributed by atoms with E-state index in [-0.39, 0.29) is 12.5 Å². The second-order valence-corrected chi connectivity index (χ2v) is 5.88. The molecule has 0 aliphatic rings. The first-order valence-corrected chi connectivity index (χ1v) is 7.49. The lowest BCUT2D eigenvalue weighted by molar-refractivity contribution is -0.143. The van der Waals surface area contributed by atoms with E-state index in [2.05, 4.69) is 5.32 Å². The summed E-state index contributed by atoms with van der Waals surface area (Å²) in [5.41, 5.74) is 1.47. The molecule has 11 heteroatoms. The summed E-state index contributed by atoms with van der Waals surface area (Å²) in [5, 5.41) is 10.8. The normalized spacial score (nSPS) is 14.1. The van der Waals surface area contributed by atoms with Crippen molar-refractivity contribution in [3.05, 3.63) is 34.9 Å². The van der Waals surface area contributed by atoms with Crippen LogP contribution in [0.3, 0.4) is 0 Å². The summed E-state index contributed by atoms with van der Waals surface area (Å²) in [6, 6.07) is 1.27. The first-order valence-electron chi connectivity index (χ1n) is 7.49. The fourth-order valence-corrected chi connectivity index (χ4v) is 2.29. The van der Waals surface area contributed by atoms with Gasteiger partial charge in [-0.2, -0.15) is 31.6 Å². The van der Waals surface area contributed by atoms with Crippen LogP contribution in [0.2, 0.25) is 0 Å². The number of nitrogens with one attached hydrogen (secondary N) is 1. The van der Waals surface area contributed by atoms with Gasteiger partial charge in [0.15, 0.2) is 0 Å². The number of amides is 2. The van der Waals surface area contributed by atoms with E-state index in [1.54, 1.807) is 6.07 Å². The molecule has 0 saturated heterocycles. The van der Waals surface area contributed by atoms with Gasteiger partial charge in [0.1, 0.15) is 6.04 Å². The van der Waals surface area contributed by atoms with E-state index in [9.17, 15) is 35.9 Å². The van der Waals surface area contributed by atoms with Crippen LogP contribution in [0.15, 0.2) is 18.2 Å². The Balaban J connectivity index is 3.11. The Kier molecular flexibility index (Phi) is 6.83. The Hall–Kier alpha value is -2.77. The second-order valence-electron chi connectivity index (χ2n) is 5.88. The molecule has 0 aliphatic heterocycles. The summed E-state index contributed by atoms with van der Waals surface area (Å²) in [6.45, 7) is 1.44. The average molecular weight is 395 g/mol. The molecule has 148 valence electrons. The number of halogens is 6. The first-order chi connectivity index (χ1) is 12.3. The first kappa shape index (κ1) is 22.3. The number of hydrogen-bond acceptors (Lipinski definition) is 3. The third-order valence-corrected chi connectivity index (χ3v) is 3.62. The highest BCUT2D eigenvalue weighted by molar-refractivity contribution is 5.87. The highest BCUT2D eigenvalue weighted by atomic mass is 19.4. The minimum Gasteiger partial charge on any atom is -0.368 e. The van der Waals surface area contributed by atoms with Gasteiger partial charge in [-0.05, 0) is 29.7 Å². The molecule has 5 nitrogen and oxygen atoms in total. The highest BCUT2D eigenvalue weighted by Crippen LogP contribution is 2.36. The second kappa shape index (κ2) is 8.28. The van der Waals surface area contributed by atoms with Crippen LogP contribution in [0.5, 0.6) is 0 Å². The lowest BCUT2D eigenvalue weighted by Crippen LogP contribution is -2.48.